The van der Waals surface area contributed by atoms with E-state index in [1.54, 1.807) is 33.3 Å². The van der Waals surface area contributed by atoms with Crippen molar-refractivity contribution in [2.24, 2.45) is 0 Å². The fourth-order valence-electron chi connectivity index (χ4n) is 1.91. The number of phenols is 1. The van der Waals surface area contributed by atoms with Gasteiger partial charge in [-0.25, -0.2) is 0 Å². The lowest BCUT2D eigenvalue weighted by atomic mass is 10.0. The summed E-state index contributed by atoms with van der Waals surface area (Å²) in [7, 11) is 3.17. The van der Waals surface area contributed by atoms with Gasteiger partial charge in [0.05, 0.1) is 12.7 Å². The summed E-state index contributed by atoms with van der Waals surface area (Å²) in [6, 6.07) is 5.12. The molecule has 0 aliphatic heterocycles. The number of aliphatic hydroxyl groups is 1. The van der Waals surface area contributed by atoms with E-state index in [9.17, 15) is 10.2 Å². The van der Waals surface area contributed by atoms with Gasteiger partial charge in [-0.15, -0.1) is 0 Å². The zero-order chi connectivity index (χ0) is 15.2. The summed E-state index contributed by atoms with van der Waals surface area (Å²) in [4.78, 5) is 0. The van der Waals surface area contributed by atoms with E-state index in [0.717, 1.165) is 5.56 Å². The largest absolute Gasteiger partial charge is 0.507 e. The molecule has 114 valence electrons. The van der Waals surface area contributed by atoms with Crippen LogP contribution in [0.5, 0.6) is 11.5 Å². The maximum atomic E-state index is 10.2. The summed E-state index contributed by atoms with van der Waals surface area (Å²) in [5.74, 6) is 0.798. The predicted octanol–water partition coefficient (Wildman–Crippen LogP) is 1.84. The first-order valence-electron chi connectivity index (χ1n) is 6.71. The van der Waals surface area contributed by atoms with Crippen molar-refractivity contribution in [2.45, 2.75) is 31.9 Å². The number of benzene rings is 1. The Morgan fingerprint density at radius 3 is 2.60 bits per heavy atom. The average molecular weight is 283 g/mol. The lowest BCUT2D eigenvalue weighted by Crippen LogP contribution is -2.39. The van der Waals surface area contributed by atoms with Crippen molar-refractivity contribution in [1.29, 1.82) is 0 Å². The van der Waals surface area contributed by atoms with Crippen LogP contribution in [0.4, 0.5) is 0 Å². The molecule has 5 heteroatoms. The van der Waals surface area contributed by atoms with Gasteiger partial charge in [0.25, 0.3) is 0 Å². The molecule has 0 saturated heterocycles. The van der Waals surface area contributed by atoms with Crippen molar-refractivity contribution in [2.75, 3.05) is 27.4 Å². The molecule has 0 bridgehead atoms. The van der Waals surface area contributed by atoms with E-state index < -0.39 is 5.60 Å². The Labute approximate surface area is 120 Å². The maximum Gasteiger partial charge on any atom is 0.124 e. The van der Waals surface area contributed by atoms with E-state index >= 15 is 0 Å². The summed E-state index contributed by atoms with van der Waals surface area (Å²) in [6.45, 7) is 4.63. The van der Waals surface area contributed by atoms with Crippen LogP contribution >= 0.6 is 0 Å². The molecule has 0 heterocycles. The highest BCUT2D eigenvalue weighted by Gasteiger charge is 2.21. The Balaban J connectivity index is 2.60. The molecule has 0 amide bonds. The van der Waals surface area contributed by atoms with Gasteiger partial charge in [0.2, 0.25) is 0 Å². The number of hydrogen-bond acceptors (Lipinski definition) is 5. The minimum Gasteiger partial charge on any atom is -0.507 e. The molecular weight excluding hydrogens is 258 g/mol. The molecule has 0 radical (unpaired) electrons. The zero-order valence-electron chi connectivity index (χ0n) is 12.6. The number of methoxy groups -OCH3 is 2. The third kappa shape index (κ3) is 5.00. The predicted molar refractivity (Wildman–Crippen MR) is 78.2 cm³/mol. The van der Waals surface area contributed by atoms with Crippen molar-refractivity contribution in [3.8, 4) is 11.5 Å². The summed E-state index contributed by atoms with van der Waals surface area (Å²) < 4.78 is 10.0. The third-order valence-electron chi connectivity index (χ3n) is 3.34. The van der Waals surface area contributed by atoms with Crippen LogP contribution in [0.2, 0.25) is 0 Å². The number of rotatable bonds is 8. The average Bonchev–Trinajstić information content (AvgIpc) is 2.42. The van der Waals surface area contributed by atoms with Gasteiger partial charge in [-0.05, 0) is 19.9 Å². The normalized spacial score (nSPS) is 15.7. The van der Waals surface area contributed by atoms with E-state index in [0.29, 0.717) is 25.3 Å². The molecule has 20 heavy (non-hydrogen) atoms. The Kier molecular flexibility index (Phi) is 6.26. The minimum absolute atomic E-state index is 0.0741. The van der Waals surface area contributed by atoms with Gasteiger partial charge in [-0.3, -0.25) is 0 Å². The topological polar surface area (TPSA) is 71.0 Å². The highest BCUT2D eigenvalue weighted by atomic mass is 16.5. The van der Waals surface area contributed by atoms with E-state index in [1.165, 1.54) is 0 Å². The summed E-state index contributed by atoms with van der Waals surface area (Å²) >= 11 is 0. The first kappa shape index (κ1) is 16.8. The molecule has 2 atom stereocenters. The summed E-state index contributed by atoms with van der Waals surface area (Å²) in [5.41, 5.74) is -0.0693. The van der Waals surface area contributed by atoms with E-state index in [4.69, 9.17) is 9.47 Å². The van der Waals surface area contributed by atoms with Gasteiger partial charge >= 0.3 is 0 Å². The summed E-state index contributed by atoms with van der Waals surface area (Å²) in [5, 5.41) is 23.3. The van der Waals surface area contributed by atoms with E-state index in [1.807, 2.05) is 13.0 Å². The van der Waals surface area contributed by atoms with Crippen LogP contribution in [-0.2, 0) is 4.74 Å². The molecule has 1 aromatic rings. The Hall–Kier alpha value is -1.30. The molecule has 0 saturated carbocycles. The Morgan fingerprint density at radius 2 is 2.05 bits per heavy atom. The van der Waals surface area contributed by atoms with Gasteiger partial charge < -0.3 is 25.0 Å². The van der Waals surface area contributed by atoms with Crippen molar-refractivity contribution in [1.82, 2.24) is 5.32 Å². The SMILES string of the molecule is COCCC(C)(O)CNC(C)c1ccc(OC)cc1O. The van der Waals surface area contributed by atoms with Gasteiger partial charge in [-0.2, -0.15) is 0 Å². The fourth-order valence-corrected chi connectivity index (χ4v) is 1.91. The first-order chi connectivity index (χ1) is 9.39. The van der Waals surface area contributed by atoms with Gasteiger partial charge in [0.15, 0.2) is 0 Å². The zero-order valence-corrected chi connectivity index (χ0v) is 12.6. The number of phenolic OH excluding ortho intramolecular Hbond substituents is 1. The Morgan fingerprint density at radius 1 is 1.35 bits per heavy atom. The number of nitrogens with one attached hydrogen (secondary N) is 1. The standard InChI is InChI=1S/C15H25NO4/c1-11(16-10-15(2,18)7-8-19-3)13-6-5-12(20-4)9-14(13)17/h5-6,9,11,16-18H,7-8,10H2,1-4H3. The lowest BCUT2D eigenvalue weighted by molar-refractivity contribution is 0.0230. The van der Waals surface area contributed by atoms with Crippen molar-refractivity contribution in [3.05, 3.63) is 23.8 Å². The quantitative estimate of drug-likeness (QED) is 0.679. The smallest absolute Gasteiger partial charge is 0.124 e. The van der Waals surface area contributed by atoms with Crippen LogP contribution in [0.15, 0.2) is 18.2 Å². The van der Waals surface area contributed by atoms with Crippen LogP contribution < -0.4 is 10.1 Å². The molecule has 0 aliphatic rings. The van der Waals surface area contributed by atoms with Gasteiger partial charge in [-0.1, -0.05) is 6.07 Å². The van der Waals surface area contributed by atoms with Gasteiger partial charge in [0.1, 0.15) is 11.5 Å². The second-order valence-corrected chi connectivity index (χ2v) is 5.27. The molecule has 5 nitrogen and oxygen atoms in total. The molecule has 0 aliphatic carbocycles. The van der Waals surface area contributed by atoms with E-state index in [2.05, 4.69) is 5.32 Å². The van der Waals surface area contributed by atoms with Crippen LogP contribution in [0.3, 0.4) is 0 Å². The molecular formula is C15H25NO4. The molecule has 0 spiro atoms. The number of ether oxygens (including phenoxy) is 2. The Bertz CT molecular complexity index is 420. The third-order valence-corrected chi connectivity index (χ3v) is 3.34. The van der Waals surface area contributed by atoms with Crippen LogP contribution in [0.1, 0.15) is 31.9 Å². The fraction of sp³-hybridized carbons (Fsp3) is 0.600. The van der Waals surface area contributed by atoms with Crippen LogP contribution in [0.25, 0.3) is 0 Å². The minimum atomic E-state index is -0.841. The maximum absolute atomic E-state index is 10.2. The molecule has 3 N–H and O–H groups in total. The highest BCUT2D eigenvalue weighted by molar-refractivity contribution is 5.41. The molecule has 0 fully saturated rings. The van der Waals surface area contributed by atoms with Crippen molar-refractivity contribution < 1.29 is 19.7 Å². The van der Waals surface area contributed by atoms with Crippen LogP contribution in [-0.4, -0.2) is 43.2 Å². The van der Waals surface area contributed by atoms with Gasteiger partial charge in [0, 0.05) is 44.4 Å². The first-order valence-corrected chi connectivity index (χ1v) is 6.71. The van der Waals surface area contributed by atoms with E-state index in [-0.39, 0.29) is 11.8 Å². The molecule has 1 rings (SSSR count). The number of aromatic hydroxyl groups is 1. The van der Waals surface area contributed by atoms with Crippen LogP contribution in [0, 0.1) is 0 Å². The highest BCUT2D eigenvalue weighted by Crippen LogP contribution is 2.28. The summed E-state index contributed by atoms with van der Waals surface area (Å²) in [6.07, 6.45) is 0.553. The lowest BCUT2D eigenvalue weighted by Gasteiger charge is -2.26. The molecule has 2 unspecified atom stereocenters. The second kappa shape index (κ2) is 7.47. The molecule has 0 aromatic heterocycles. The monoisotopic (exact) mass is 283 g/mol. The second-order valence-electron chi connectivity index (χ2n) is 5.27. The van der Waals surface area contributed by atoms with Crippen molar-refractivity contribution in [3.63, 3.8) is 0 Å². The number of hydrogen-bond donors (Lipinski definition) is 3. The molecule has 1 aromatic carbocycles. The van der Waals surface area contributed by atoms with Crippen molar-refractivity contribution >= 4 is 0 Å².